The van der Waals surface area contributed by atoms with Crippen LogP contribution in [0.1, 0.15) is 25.7 Å². The van der Waals surface area contributed by atoms with E-state index in [-0.39, 0.29) is 5.92 Å². The normalized spacial score (nSPS) is 43.5. The summed E-state index contributed by atoms with van der Waals surface area (Å²) in [7, 11) is 1.74. The summed E-state index contributed by atoms with van der Waals surface area (Å²) in [5.41, 5.74) is 0. The first-order chi connectivity index (χ1) is 6.22. The van der Waals surface area contributed by atoms with Crippen LogP contribution >= 0.6 is 0 Å². The van der Waals surface area contributed by atoms with Crippen molar-refractivity contribution in [2.24, 2.45) is 17.8 Å². The van der Waals surface area contributed by atoms with Gasteiger partial charge in [-0.25, -0.2) is 0 Å². The van der Waals surface area contributed by atoms with Gasteiger partial charge >= 0.3 is 5.97 Å². The Kier molecular flexibility index (Phi) is 2.28. The van der Waals surface area contributed by atoms with Gasteiger partial charge in [-0.1, -0.05) is 0 Å². The summed E-state index contributed by atoms with van der Waals surface area (Å²) in [5, 5.41) is 8.98. The molecule has 74 valence electrons. The lowest BCUT2D eigenvalue weighted by molar-refractivity contribution is -0.152. The molecule has 3 saturated carbocycles. The summed E-state index contributed by atoms with van der Waals surface area (Å²) in [4.78, 5) is 10.9. The Morgan fingerprint density at radius 2 is 2.00 bits per heavy atom. The Morgan fingerprint density at radius 3 is 2.46 bits per heavy atom. The molecule has 0 radical (unpaired) electrons. The molecule has 3 heteroatoms. The molecular formula is C10H16O3. The maximum absolute atomic E-state index is 10.9. The predicted octanol–water partition coefficient (Wildman–Crippen LogP) is 1.52. The highest BCUT2D eigenvalue weighted by Gasteiger charge is 2.44. The lowest BCUT2D eigenvalue weighted by Gasteiger charge is -2.44. The number of methoxy groups -OCH3 is 1. The average molecular weight is 184 g/mol. The quantitative estimate of drug-likeness (QED) is 0.707. The second-order valence-corrected chi connectivity index (χ2v) is 4.29. The molecule has 0 spiro atoms. The van der Waals surface area contributed by atoms with Crippen LogP contribution in [0.15, 0.2) is 0 Å². The van der Waals surface area contributed by atoms with E-state index in [1.165, 1.54) is 0 Å². The minimum Gasteiger partial charge on any atom is -0.481 e. The zero-order valence-corrected chi connectivity index (χ0v) is 7.90. The maximum Gasteiger partial charge on any atom is 0.306 e. The van der Waals surface area contributed by atoms with Gasteiger partial charge in [-0.2, -0.15) is 0 Å². The van der Waals surface area contributed by atoms with Gasteiger partial charge in [-0.3, -0.25) is 4.79 Å². The van der Waals surface area contributed by atoms with E-state index in [0.717, 1.165) is 25.7 Å². The number of aliphatic carboxylic acids is 1. The van der Waals surface area contributed by atoms with Gasteiger partial charge < -0.3 is 9.84 Å². The van der Waals surface area contributed by atoms with Crippen molar-refractivity contribution in [3.63, 3.8) is 0 Å². The summed E-state index contributed by atoms with van der Waals surface area (Å²) in [6.45, 7) is 0. The number of ether oxygens (including phenoxy) is 1. The second-order valence-electron chi connectivity index (χ2n) is 4.29. The molecule has 1 N–H and O–H groups in total. The van der Waals surface area contributed by atoms with Gasteiger partial charge in [-0.15, -0.1) is 0 Å². The molecule has 0 aromatic heterocycles. The molecule has 3 fully saturated rings. The smallest absolute Gasteiger partial charge is 0.306 e. The number of hydrogen-bond acceptors (Lipinski definition) is 2. The Bertz CT molecular complexity index is 214. The highest BCUT2D eigenvalue weighted by Crippen LogP contribution is 2.46. The van der Waals surface area contributed by atoms with Crippen molar-refractivity contribution in [1.82, 2.24) is 0 Å². The average Bonchev–Trinajstić information content (AvgIpc) is 2.18. The van der Waals surface area contributed by atoms with Gasteiger partial charge in [0, 0.05) is 7.11 Å². The molecule has 3 rings (SSSR count). The molecule has 0 heterocycles. The van der Waals surface area contributed by atoms with E-state index in [4.69, 9.17) is 9.84 Å². The monoisotopic (exact) mass is 184 g/mol. The number of hydrogen-bond donors (Lipinski definition) is 1. The number of carbonyl (C=O) groups is 1. The molecule has 4 atom stereocenters. The van der Waals surface area contributed by atoms with Gasteiger partial charge in [-0.05, 0) is 37.5 Å². The van der Waals surface area contributed by atoms with Crippen molar-refractivity contribution in [2.45, 2.75) is 31.8 Å². The van der Waals surface area contributed by atoms with E-state index in [1.807, 2.05) is 0 Å². The van der Waals surface area contributed by atoms with E-state index < -0.39 is 5.97 Å². The minimum atomic E-state index is -0.607. The fourth-order valence-corrected chi connectivity index (χ4v) is 2.97. The lowest BCUT2D eigenvalue weighted by Crippen LogP contribution is -2.44. The van der Waals surface area contributed by atoms with Gasteiger partial charge in [0.05, 0.1) is 12.0 Å². The van der Waals surface area contributed by atoms with Crippen molar-refractivity contribution in [2.75, 3.05) is 7.11 Å². The van der Waals surface area contributed by atoms with Crippen LogP contribution in [0.5, 0.6) is 0 Å². The highest BCUT2D eigenvalue weighted by molar-refractivity contribution is 5.70. The Labute approximate surface area is 78.1 Å². The first-order valence-corrected chi connectivity index (χ1v) is 4.98. The van der Waals surface area contributed by atoms with Gasteiger partial charge in [0.25, 0.3) is 0 Å². The number of fused-ring (bicyclic) bond motifs is 3. The molecule has 0 aliphatic heterocycles. The molecule has 0 aromatic carbocycles. The molecule has 0 amide bonds. The molecule has 0 saturated heterocycles. The molecule has 2 bridgehead atoms. The Balaban J connectivity index is 2.07. The molecular weight excluding hydrogens is 168 g/mol. The van der Waals surface area contributed by atoms with Gasteiger partial charge in [0.1, 0.15) is 0 Å². The molecule has 0 unspecified atom stereocenters. The Morgan fingerprint density at radius 1 is 1.31 bits per heavy atom. The van der Waals surface area contributed by atoms with Crippen LogP contribution in [-0.2, 0) is 9.53 Å². The highest BCUT2D eigenvalue weighted by atomic mass is 16.5. The number of carboxylic acid groups (broad SMARTS) is 1. The van der Waals surface area contributed by atoms with Crippen molar-refractivity contribution >= 4 is 5.97 Å². The summed E-state index contributed by atoms with van der Waals surface area (Å²) in [5.74, 6) is 0.165. The SMILES string of the molecule is CO[C@@H]1C[C@H]2CC[C@H]1C[C@@H]2C(=O)O. The molecule has 3 nitrogen and oxygen atoms in total. The Hall–Kier alpha value is -0.570. The third kappa shape index (κ3) is 1.46. The van der Waals surface area contributed by atoms with Crippen LogP contribution in [0.3, 0.4) is 0 Å². The minimum absolute atomic E-state index is 0.0925. The summed E-state index contributed by atoms with van der Waals surface area (Å²) in [6, 6.07) is 0. The zero-order valence-electron chi connectivity index (χ0n) is 7.90. The third-order valence-corrected chi connectivity index (χ3v) is 3.71. The van der Waals surface area contributed by atoms with Crippen LogP contribution in [0.2, 0.25) is 0 Å². The van der Waals surface area contributed by atoms with Gasteiger partial charge in [0.2, 0.25) is 0 Å². The number of carboxylic acids is 1. The topological polar surface area (TPSA) is 46.5 Å². The molecule has 0 aromatic rings. The van der Waals surface area contributed by atoms with Crippen LogP contribution in [0, 0.1) is 17.8 Å². The van der Waals surface area contributed by atoms with Crippen molar-refractivity contribution < 1.29 is 14.6 Å². The van der Waals surface area contributed by atoms with Crippen LogP contribution in [0.4, 0.5) is 0 Å². The molecule has 13 heavy (non-hydrogen) atoms. The standard InChI is InChI=1S/C10H16O3/c1-13-9-5-6-2-3-7(9)4-8(6)10(11)12/h6-9H,2-5H2,1H3,(H,11,12)/t6-,7+,8+,9-/m1/s1. The van der Waals surface area contributed by atoms with Gasteiger partial charge in [0.15, 0.2) is 0 Å². The van der Waals surface area contributed by atoms with E-state index >= 15 is 0 Å². The fraction of sp³-hybridized carbons (Fsp3) is 0.900. The summed E-state index contributed by atoms with van der Waals surface area (Å²) < 4.78 is 5.36. The second kappa shape index (κ2) is 3.29. The largest absolute Gasteiger partial charge is 0.481 e. The van der Waals surface area contributed by atoms with Crippen LogP contribution in [-0.4, -0.2) is 24.3 Å². The maximum atomic E-state index is 10.9. The van der Waals surface area contributed by atoms with Crippen LogP contribution < -0.4 is 0 Å². The van der Waals surface area contributed by atoms with E-state index in [0.29, 0.717) is 17.9 Å². The lowest BCUT2D eigenvalue weighted by atomic mass is 9.63. The van der Waals surface area contributed by atoms with E-state index in [2.05, 4.69) is 0 Å². The van der Waals surface area contributed by atoms with Crippen molar-refractivity contribution in [3.8, 4) is 0 Å². The fourth-order valence-electron chi connectivity index (χ4n) is 2.97. The van der Waals surface area contributed by atoms with Crippen molar-refractivity contribution in [3.05, 3.63) is 0 Å². The molecule has 3 aliphatic rings. The number of rotatable bonds is 2. The van der Waals surface area contributed by atoms with E-state index in [1.54, 1.807) is 7.11 Å². The van der Waals surface area contributed by atoms with E-state index in [9.17, 15) is 4.79 Å². The summed E-state index contributed by atoms with van der Waals surface area (Å²) in [6.07, 6.45) is 4.36. The predicted molar refractivity (Wildman–Crippen MR) is 47.4 cm³/mol. The summed E-state index contributed by atoms with van der Waals surface area (Å²) >= 11 is 0. The van der Waals surface area contributed by atoms with Crippen LogP contribution in [0.25, 0.3) is 0 Å². The first-order valence-electron chi connectivity index (χ1n) is 4.98. The first kappa shape index (κ1) is 9.00. The van der Waals surface area contributed by atoms with Crippen molar-refractivity contribution in [1.29, 1.82) is 0 Å². The zero-order chi connectivity index (χ0) is 9.42. The molecule has 3 aliphatic carbocycles. The third-order valence-electron chi connectivity index (χ3n) is 3.71.